The molecule has 0 N–H and O–H groups in total. The molecule has 6 heteroatoms. The summed E-state index contributed by atoms with van der Waals surface area (Å²) in [4.78, 5) is 38.1. The van der Waals surface area contributed by atoms with Crippen LogP contribution in [0, 0.1) is 0 Å². The van der Waals surface area contributed by atoms with Gasteiger partial charge in [-0.15, -0.1) is 0 Å². The van der Waals surface area contributed by atoms with E-state index in [9.17, 15) is 14.4 Å². The number of ether oxygens (including phenoxy) is 3. The molecule has 0 amide bonds. The van der Waals surface area contributed by atoms with Gasteiger partial charge in [0.25, 0.3) is 0 Å². The van der Waals surface area contributed by atoms with Gasteiger partial charge in [0.05, 0.1) is 0 Å². The normalized spacial score (nSPS) is 13.6. The van der Waals surface area contributed by atoms with Gasteiger partial charge >= 0.3 is 17.9 Å². The molecule has 1 unspecified atom stereocenters. The van der Waals surface area contributed by atoms with Crippen molar-refractivity contribution >= 4 is 17.9 Å². The van der Waals surface area contributed by atoms with E-state index in [1.807, 2.05) is 12.2 Å². The third-order valence-electron chi connectivity index (χ3n) is 11.8. The number of carbonyl (C=O) groups excluding carboxylic acids is 3. The summed E-state index contributed by atoms with van der Waals surface area (Å²) in [6.07, 6.45) is 99.9. The van der Waals surface area contributed by atoms with Gasteiger partial charge in [-0.3, -0.25) is 14.4 Å². The maximum Gasteiger partial charge on any atom is 0.306 e. The van der Waals surface area contributed by atoms with E-state index in [-0.39, 0.29) is 38.0 Å². The van der Waals surface area contributed by atoms with Crippen LogP contribution in [0.1, 0.15) is 213 Å². The molecule has 0 bridgehead atoms. The Morgan fingerprint density at radius 2 is 0.494 bits per heavy atom. The van der Waals surface area contributed by atoms with Crippen LogP contribution in [0.5, 0.6) is 0 Å². The van der Waals surface area contributed by atoms with Gasteiger partial charge in [-0.05, 0) is 148 Å². The number of hydrogen-bond donors (Lipinski definition) is 0. The molecule has 0 saturated carbocycles. The fourth-order valence-corrected chi connectivity index (χ4v) is 7.33. The molecule has 0 fully saturated rings. The molecule has 0 aliphatic rings. The third-order valence-corrected chi connectivity index (χ3v) is 11.8. The van der Waals surface area contributed by atoms with E-state index in [1.54, 1.807) is 0 Å². The molecule has 0 aliphatic carbocycles. The van der Waals surface area contributed by atoms with E-state index in [4.69, 9.17) is 14.2 Å². The zero-order chi connectivity index (χ0) is 57.1. The smallest absolute Gasteiger partial charge is 0.306 e. The first kappa shape index (κ1) is 73.0. The van der Waals surface area contributed by atoms with Crippen molar-refractivity contribution in [2.45, 2.75) is 219 Å². The number of carbonyl (C=O) groups is 3. The Hall–Kier alpha value is -6.01. The maximum absolute atomic E-state index is 12.8. The lowest BCUT2D eigenvalue weighted by Crippen LogP contribution is -2.30. The number of hydrogen-bond acceptors (Lipinski definition) is 6. The number of unbranched alkanes of at least 4 members (excludes halogenated alkanes) is 7. The van der Waals surface area contributed by atoms with Gasteiger partial charge in [0.1, 0.15) is 13.2 Å². The van der Waals surface area contributed by atoms with Crippen molar-refractivity contribution in [3.63, 3.8) is 0 Å². The Morgan fingerprint density at radius 1 is 0.253 bits per heavy atom. The summed E-state index contributed by atoms with van der Waals surface area (Å²) in [5, 5.41) is 0. The Balaban J connectivity index is 4.48. The van der Waals surface area contributed by atoms with Crippen molar-refractivity contribution in [1.29, 1.82) is 0 Å². The zero-order valence-electron chi connectivity index (χ0n) is 49.8. The lowest BCUT2D eigenvalue weighted by Gasteiger charge is -2.18. The monoisotopic (exact) mass is 1080 g/mol. The second kappa shape index (κ2) is 64.5. The molecule has 436 valence electrons. The van der Waals surface area contributed by atoms with Crippen LogP contribution in [-0.2, 0) is 28.6 Å². The summed E-state index contributed by atoms with van der Waals surface area (Å²) in [5.74, 6) is -1.12. The highest BCUT2D eigenvalue weighted by Gasteiger charge is 2.19. The minimum Gasteiger partial charge on any atom is -0.462 e. The number of esters is 3. The van der Waals surface area contributed by atoms with Gasteiger partial charge in [0.2, 0.25) is 0 Å². The Morgan fingerprint density at radius 3 is 0.823 bits per heavy atom. The van der Waals surface area contributed by atoms with E-state index in [2.05, 4.69) is 215 Å². The molecule has 0 heterocycles. The fourth-order valence-electron chi connectivity index (χ4n) is 7.33. The van der Waals surface area contributed by atoms with Crippen molar-refractivity contribution in [2.24, 2.45) is 0 Å². The van der Waals surface area contributed by atoms with Crippen LogP contribution < -0.4 is 0 Å². The average Bonchev–Trinajstić information content (AvgIpc) is 3.45. The van der Waals surface area contributed by atoms with Crippen LogP contribution in [0.25, 0.3) is 0 Å². The van der Waals surface area contributed by atoms with Crippen LogP contribution in [0.2, 0.25) is 0 Å². The first-order valence-corrected chi connectivity index (χ1v) is 30.6. The predicted octanol–water partition coefficient (Wildman–Crippen LogP) is 21.2. The summed E-state index contributed by atoms with van der Waals surface area (Å²) >= 11 is 0. The highest BCUT2D eigenvalue weighted by Crippen LogP contribution is 2.12. The molecule has 0 aromatic heterocycles. The number of rotatable bonds is 52. The summed E-state index contributed by atoms with van der Waals surface area (Å²) < 4.78 is 16.7. The summed E-state index contributed by atoms with van der Waals surface area (Å²) in [6.45, 7) is 6.14. The van der Waals surface area contributed by atoms with Gasteiger partial charge in [-0.25, -0.2) is 0 Å². The minimum atomic E-state index is -0.857. The van der Waals surface area contributed by atoms with Crippen LogP contribution >= 0.6 is 0 Å². The Bertz CT molecular complexity index is 1960. The molecule has 1 atom stereocenters. The van der Waals surface area contributed by atoms with Gasteiger partial charge in [0, 0.05) is 19.3 Å². The van der Waals surface area contributed by atoms with Crippen molar-refractivity contribution in [1.82, 2.24) is 0 Å². The zero-order valence-corrected chi connectivity index (χ0v) is 49.8. The Labute approximate surface area is 483 Å². The largest absolute Gasteiger partial charge is 0.462 e. The van der Waals surface area contributed by atoms with Crippen LogP contribution in [0.3, 0.4) is 0 Å². The SMILES string of the molecule is CC/C=C\C/C=C\C/C=C\C/C=C\C/C=C\C/C=C\C/C=C\C/C=C\CCCCCCCCC(=O)OCC(COC(=O)CC/C=C\C/C=C\C/C=C\C/C=C\CC)OC(=O)CCC/C=C\C/C=C\C/C=C\C/C=C\C/C=C\CC. The highest BCUT2D eigenvalue weighted by atomic mass is 16.6. The van der Waals surface area contributed by atoms with Crippen LogP contribution in [0.15, 0.2) is 207 Å². The standard InChI is InChI=1S/C73H108O6/c1-4-7-10-13-16-19-22-25-27-29-30-31-32-33-34-35-36-37-38-39-40-41-42-44-45-48-51-54-57-60-63-66-72(75)78-69-70(68-77-71(74)65-62-59-56-53-50-47-24-21-18-15-12-9-6-3)79-73(76)67-64-61-58-55-52-49-46-43-28-26-23-20-17-14-11-8-5-2/h7-12,16-21,25-28,30-31,33-34,36-37,39-40,42,44,46-47,49-50,55-56,58-59,70H,4-6,13-15,22-24,29,32,35,38,41,43,45,48,51-54,57,60-69H2,1-3H3/b10-7-,11-8-,12-9-,19-16-,20-17-,21-18-,27-25-,28-26-,31-30-,34-33-,37-36-,40-39-,44-42-,49-46-,50-47-,58-55-,59-56-. The third kappa shape index (κ3) is 62.7. The topological polar surface area (TPSA) is 78.9 Å². The fraction of sp³-hybridized carbons (Fsp3) is 0.493. The molecular weight excluding hydrogens is 973 g/mol. The first-order valence-electron chi connectivity index (χ1n) is 30.6. The van der Waals surface area contributed by atoms with E-state index in [1.165, 1.54) is 12.8 Å². The second-order valence-corrected chi connectivity index (χ2v) is 19.1. The maximum atomic E-state index is 12.8. The van der Waals surface area contributed by atoms with Crippen LogP contribution in [-0.4, -0.2) is 37.2 Å². The average molecular weight is 1080 g/mol. The summed E-state index contributed by atoms with van der Waals surface area (Å²) in [5.41, 5.74) is 0. The second-order valence-electron chi connectivity index (χ2n) is 19.1. The van der Waals surface area contributed by atoms with E-state index in [0.717, 1.165) is 148 Å². The lowest BCUT2D eigenvalue weighted by molar-refractivity contribution is -0.166. The molecule has 0 aromatic carbocycles. The molecule has 0 rings (SSSR count). The molecule has 0 radical (unpaired) electrons. The quantitative estimate of drug-likeness (QED) is 0.0261. The van der Waals surface area contributed by atoms with E-state index >= 15 is 0 Å². The highest BCUT2D eigenvalue weighted by molar-refractivity contribution is 5.71. The van der Waals surface area contributed by atoms with E-state index in [0.29, 0.717) is 19.3 Å². The van der Waals surface area contributed by atoms with Gasteiger partial charge in [-0.1, -0.05) is 253 Å². The molecule has 0 spiro atoms. The summed E-state index contributed by atoms with van der Waals surface area (Å²) in [7, 11) is 0. The van der Waals surface area contributed by atoms with Gasteiger partial charge in [-0.2, -0.15) is 0 Å². The number of allylic oxidation sites excluding steroid dienone is 34. The van der Waals surface area contributed by atoms with Crippen molar-refractivity contribution < 1.29 is 28.6 Å². The van der Waals surface area contributed by atoms with Crippen molar-refractivity contribution in [3.05, 3.63) is 207 Å². The minimum absolute atomic E-state index is 0.143. The lowest BCUT2D eigenvalue weighted by atomic mass is 10.1. The molecular formula is C73H108O6. The van der Waals surface area contributed by atoms with Crippen molar-refractivity contribution in [3.8, 4) is 0 Å². The Kier molecular flexibility index (Phi) is 59.6. The van der Waals surface area contributed by atoms with Crippen LogP contribution in [0.4, 0.5) is 0 Å². The van der Waals surface area contributed by atoms with Gasteiger partial charge < -0.3 is 14.2 Å². The summed E-state index contributed by atoms with van der Waals surface area (Å²) in [6, 6.07) is 0. The molecule has 0 aliphatic heterocycles. The van der Waals surface area contributed by atoms with Crippen molar-refractivity contribution in [2.75, 3.05) is 13.2 Å². The first-order chi connectivity index (χ1) is 39.0. The molecule has 79 heavy (non-hydrogen) atoms. The predicted molar refractivity (Wildman–Crippen MR) is 343 cm³/mol. The van der Waals surface area contributed by atoms with Gasteiger partial charge in [0.15, 0.2) is 6.10 Å². The van der Waals surface area contributed by atoms with E-state index < -0.39 is 12.1 Å². The molecule has 6 nitrogen and oxygen atoms in total. The molecule has 0 aromatic rings. The molecule has 0 saturated heterocycles.